The van der Waals surface area contributed by atoms with E-state index >= 15 is 0 Å². The summed E-state index contributed by atoms with van der Waals surface area (Å²) in [5, 5.41) is 9.06. The zero-order valence-corrected chi connectivity index (χ0v) is 16.0. The lowest BCUT2D eigenvalue weighted by Gasteiger charge is -2.36. The molecule has 0 aromatic heterocycles. The summed E-state index contributed by atoms with van der Waals surface area (Å²) in [6, 6.07) is 5.56. The molecular weight excluding hydrogens is 332 g/mol. The van der Waals surface area contributed by atoms with Gasteiger partial charge in [-0.05, 0) is 52.7 Å². The van der Waals surface area contributed by atoms with Crippen LogP contribution in [-0.4, -0.2) is 58.4 Å². The van der Waals surface area contributed by atoms with Crippen molar-refractivity contribution in [3.63, 3.8) is 0 Å². The lowest BCUT2D eigenvalue weighted by atomic mass is 9.95. The van der Waals surface area contributed by atoms with E-state index in [9.17, 15) is 14.4 Å². The molecule has 1 fully saturated rings. The van der Waals surface area contributed by atoms with Crippen LogP contribution in [0.4, 0.5) is 0 Å². The maximum absolute atomic E-state index is 12.9. The molecule has 1 saturated heterocycles. The highest BCUT2D eigenvalue weighted by Gasteiger charge is 2.33. The van der Waals surface area contributed by atoms with E-state index in [0.29, 0.717) is 25.1 Å². The van der Waals surface area contributed by atoms with Crippen LogP contribution in [0.15, 0.2) is 18.2 Å². The highest BCUT2D eigenvalue weighted by atomic mass is 16.4. The predicted octanol–water partition coefficient (Wildman–Crippen LogP) is 2.48. The van der Waals surface area contributed by atoms with Gasteiger partial charge in [0.25, 0.3) is 5.91 Å². The molecule has 1 heterocycles. The number of rotatable bonds is 5. The van der Waals surface area contributed by atoms with E-state index in [-0.39, 0.29) is 30.3 Å². The van der Waals surface area contributed by atoms with Gasteiger partial charge in [0, 0.05) is 24.7 Å². The first-order valence-electron chi connectivity index (χ1n) is 9.09. The summed E-state index contributed by atoms with van der Waals surface area (Å²) < 4.78 is 0. The Morgan fingerprint density at radius 3 is 2.35 bits per heavy atom. The van der Waals surface area contributed by atoms with Crippen LogP contribution in [0.1, 0.15) is 48.2 Å². The van der Waals surface area contributed by atoms with Crippen molar-refractivity contribution in [2.24, 2.45) is 5.92 Å². The third kappa shape index (κ3) is 4.84. The fraction of sp³-hybridized carbons (Fsp3) is 0.550. The van der Waals surface area contributed by atoms with Gasteiger partial charge in [0.2, 0.25) is 5.91 Å². The molecule has 6 nitrogen and oxygen atoms in total. The van der Waals surface area contributed by atoms with Crippen LogP contribution in [0.2, 0.25) is 0 Å². The highest BCUT2D eigenvalue weighted by molar-refractivity contribution is 5.95. The third-order valence-electron chi connectivity index (χ3n) is 4.74. The minimum Gasteiger partial charge on any atom is -0.480 e. The van der Waals surface area contributed by atoms with Crippen molar-refractivity contribution < 1.29 is 19.5 Å². The summed E-state index contributed by atoms with van der Waals surface area (Å²) >= 11 is 0. The first kappa shape index (κ1) is 19.9. The average molecular weight is 360 g/mol. The maximum Gasteiger partial charge on any atom is 0.323 e. The summed E-state index contributed by atoms with van der Waals surface area (Å²) in [7, 11) is 0. The van der Waals surface area contributed by atoms with Crippen LogP contribution in [0.5, 0.6) is 0 Å². The van der Waals surface area contributed by atoms with E-state index in [1.54, 1.807) is 4.90 Å². The lowest BCUT2D eigenvalue weighted by molar-refractivity contribution is -0.148. The Morgan fingerprint density at radius 1 is 1.19 bits per heavy atom. The molecule has 1 aliphatic heterocycles. The Hall–Kier alpha value is -2.37. The number of likely N-dealkylation sites (tertiary alicyclic amines) is 1. The van der Waals surface area contributed by atoms with Crippen LogP contribution in [0.3, 0.4) is 0 Å². The minimum atomic E-state index is -1.02. The largest absolute Gasteiger partial charge is 0.480 e. The molecule has 0 radical (unpaired) electrons. The number of piperidine rings is 1. The molecular formula is C20H28N2O4. The van der Waals surface area contributed by atoms with E-state index in [0.717, 1.165) is 17.5 Å². The Labute approximate surface area is 154 Å². The minimum absolute atomic E-state index is 0.0661. The SMILES string of the molecule is Cc1cc(C)cc(C(=O)N2CCCC(C(=O)N(CC(=O)O)C(C)C)C2)c1. The zero-order valence-electron chi connectivity index (χ0n) is 16.0. The second-order valence-electron chi connectivity index (χ2n) is 7.42. The number of amides is 2. The van der Waals surface area contributed by atoms with Crippen LogP contribution in [-0.2, 0) is 9.59 Å². The Balaban J connectivity index is 2.13. The zero-order chi connectivity index (χ0) is 19.4. The van der Waals surface area contributed by atoms with Crippen molar-refractivity contribution in [2.75, 3.05) is 19.6 Å². The van der Waals surface area contributed by atoms with Gasteiger partial charge < -0.3 is 14.9 Å². The van der Waals surface area contributed by atoms with Crippen molar-refractivity contribution >= 4 is 17.8 Å². The quantitative estimate of drug-likeness (QED) is 0.875. The average Bonchev–Trinajstić information content (AvgIpc) is 2.57. The van der Waals surface area contributed by atoms with Gasteiger partial charge in [-0.3, -0.25) is 14.4 Å². The Morgan fingerprint density at radius 2 is 1.81 bits per heavy atom. The number of hydrogen-bond acceptors (Lipinski definition) is 3. The molecule has 1 aromatic rings. The Bertz CT molecular complexity index is 679. The second-order valence-corrected chi connectivity index (χ2v) is 7.42. The second kappa shape index (κ2) is 8.34. The van der Waals surface area contributed by atoms with Crippen LogP contribution >= 0.6 is 0 Å². The van der Waals surface area contributed by atoms with Crippen molar-refractivity contribution in [1.82, 2.24) is 9.80 Å². The standard InChI is InChI=1S/C20H28N2O4/c1-13(2)22(12-18(23)24)20(26)16-6-5-7-21(11-16)19(25)17-9-14(3)8-15(4)10-17/h8-10,13,16H,5-7,11-12H2,1-4H3,(H,23,24). The van der Waals surface area contributed by atoms with Gasteiger partial charge in [-0.2, -0.15) is 0 Å². The number of carbonyl (C=O) groups excluding carboxylic acids is 2. The molecule has 2 amide bonds. The predicted molar refractivity (Wildman–Crippen MR) is 99.0 cm³/mol. The first-order valence-corrected chi connectivity index (χ1v) is 9.09. The number of benzene rings is 1. The Kier molecular flexibility index (Phi) is 6.40. The number of aryl methyl sites for hydroxylation is 2. The molecule has 0 bridgehead atoms. The van der Waals surface area contributed by atoms with Crippen molar-refractivity contribution in [1.29, 1.82) is 0 Å². The molecule has 0 aliphatic carbocycles. The molecule has 1 N–H and O–H groups in total. The summed E-state index contributed by atoms with van der Waals surface area (Å²) in [5.74, 6) is -1.62. The molecule has 1 aromatic carbocycles. The summed E-state index contributed by atoms with van der Waals surface area (Å²) in [4.78, 5) is 39.8. The molecule has 2 rings (SSSR count). The molecule has 1 aliphatic rings. The van der Waals surface area contributed by atoms with Gasteiger partial charge in [0.1, 0.15) is 6.54 Å². The molecule has 0 saturated carbocycles. The third-order valence-corrected chi connectivity index (χ3v) is 4.74. The van der Waals surface area contributed by atoms with Gasteiger partial charge in [-0.25, -0.2) is 0 Å². The van der Waals surface area contributed by atoms with Gasteiger partial charge in [0.15, 0.2) is 0 Å². The van der Waals surface area contributed by atoms with E-state index < -0.39 is 5.97 Å². The van der Waals surface area contributed by atoms with Crippen LogP contribution in [0, 0.1) is 19.8 Å². The summed E-state index contributed by atoms with van der Waals surface area (Å²) in [6.45, 7) is 8.18. The van der Waals surface area contributed by atoms with Gasteiger partial charge in [0.05, 0.1) is 5.92 Å². The summed E-state index contributed by atoms with van der Waals surface area (Å²) in [5.41, 5.74) is 2.71. The molecule has 6 heteroatoms. The topological polar surface area (TPSA) is 77.9 Å². The normalized spacial score (nSPS) is 17.3. The van der Waals surface area contributed by atoms with Gasteiger partial charge in [-0.15, -0.1) is 0 Å². The molecule has 142 valence electrons. The molecule has 0 spiro atoms. The van der Waals surface area contributed by atoms with Crippen LogP contribution in [0.25, 0.3) is 0 Å². The highest BCUT2D eigenvalue weighted by Crippen LogP contribution is 2.22. The van der Waals surface area contributed by atoms with Crippen molar-refractivity contribution in [2.45, 2.75) is 46.6 Å². The van der Waals surface area contributed by atoms with Gasteiger partial charge in [-0.1, -0.05) is 17.2 Å². The molecule has 26 heavy (non-hydrogen) atoms. The lowest BCUT2D eigenvalue weighted by Crippen LogP contribution is -2.49. The number of carbonyl (C=O) groups is 3. The van der Waals surface area contributed by atoms with E-state index in [2.05, 4.69) is 0 Å². The fourth-order valence-corrected chi connectivity index (χ4v) is 3.54. The number of nitrogens with zero attached hydrogens (tertiary/aromatic N) is 2. The van der Waals surface area contributed by atoms with Gasteiger partial charge >= 0.3 is 5.97 Å². The van der Waals surface area contributed by atoms with E-state index in [1.165, 1.54) is 4.90 Å². The maximum atomic E-state index is 12.9. The summed E-state index contributed by atoms with van der Waals surface area (Å²) in [6.07, 6.45) is 1.42. The van der Waals surface area contributed by atoms with E-state index in [1.807, 2.05) is 45.9 Å². The number of aliphatic carboxylic acids is 1. The van der Waals surface area contributed by atoms with Crippen molar-refractivity contribution in [3.05, 3.63) is 34.9 Å². The smallest absolute Gasteiger partial charge is 0.323 e. The van der Waals surface area contributed by atoms with Crippen LogP contribution < -0.4 is 0 Å². The first-order chi connectivity index (χ1) is 12.2. The fourth-order valence-electron chi connectivity index (χ4n) is 3.54. The molecule has 1 atom stereocenters. The van der Waals surface area contributed by atoms with E-state index in [4.69, 9.17) is 5.11 Å². The molecule has 1 unspecified atom stereocenters. The number of carboxylic acids is 1. The number of hydrogen-bond donors (Lipinski definition) is 1. The van der Waals surface area contributed by atoms with Crippen molar-refractivity contribution in [3.8, 4) is 0 Å². The number of carboxylic acid groups (broad SMARTS) is 1. The monoisotopic (exact) mass is 360 g/mol.